The van der Waals surface area contributed by atoms with Crippen LogP contribution in [0.2, 0.25) is 0 Å². The summed E-state index contributed by atoms with van der Waals surface area (Å²) in [5.41, 5.74) is 5.90. The molecule has 1 aromatic rings. The molecule has 0 aliphatic carbocycles. The van der Waals surface area contributed by atoms with Crippen LogP contribution in [-0.2, 0) is 4.79 Å². The van der Waals surface area contributed by atoms with Crippen LogP contribution in [0.25, 0.3) is 0 Å². The van der Waals surface area contributed by atoms with Gasteiger partial charge in [-0.1, -0.05) is 12.0 Å². The van der Waals surface area contributed by atoms with Crippen LogP contribution in [0.5, 0.6) is 0 Å². The highest BCUT2D eigenvalue weighted by Gasteiger charge is 2.18. The maximum absolute atomic E-state index is 11.4. The Labute approximate surface area is 113 Å². The fourth-order valence-electron chi connectivity index (χ4n) is 1.52. The van der Waals surface area contributed by atoms with Crippen molar-refractivity contribution in [2.45, 2.75) is 0 Å². The molecule has 6 heteroatoms. The number of benzene rings is 1. The summed E-state index contributed by atoms with van der Waals surface area (Å²) in [6.07, 6.45) is 5.19. The van der Waals surface area contributed by atoms with Gasteiger partial charge in [0.05, 0.1) is 17.8 Å². The average Bonchev–Trinajstić information content (AvgIpc) is 2.27. The number of rotatable bonds is 5. The third-order valence-corrected chi connectivity index (χ3v) is 2.85. The minimum Gasteiger partial charge on any atom is -0.480 e. The van der Waals surface area contributed by atoms with Crippen molar-refractivity contribution < 1.29 is 14.7 Å². The highest BCUT2D eigenvalue weighted by atomic mass is 79.9. The lowest BCUT2D eigenvalue weighted by Gasteiger charge is -2.22. The van der Waals surface area contributed by atoms with Crippen LogP contribution in [0.1, 0.15) is 10.4 Å². The van der Waals surface area contributed by atoms with Gasteiger partial charge in [0.2, 0.25) is 0 Å². The van der Waals surface area contributed by atoms with E-state index >= 15 is 0 Å². The van der Waals surface area contributed by atoms with Gasteiger partial charge < -0.3 is 15.7 Å². The molecule has 18 heavy (non-hydrogen) atoms. The predicted octanol–water partition coefficient (Wildman–Crippen LogP) is 1.07. The summed E-state index contributed by atoms with van der Waals surface area (Å²) in [5, 5.41) is 8.83. The molecular weight excluding hydrogens is 300 g/mol. The van der Waals surface area contributed by atoms with Crippen molar-refractivity contribution in [2.75, 3.05) is 18.0 Å². The molecule has 0 fully saturated rings. The third-order valence-electron chi connectivity index (χ3n) is 2.19. The summed E-state index contributed by atoms with van der Waals surface area (Å²) in [6, 6.07) is 4.93. The van der Waals surface area contributed by atoms with Crippen molar-refractivity contribution >= 4 is 33.5 Å². The Hall–Kier alpha value is -2.00. The SMILES string of the molecule is C#CCN(CC(=O)O)c1cccc(Br)c1C(N)=O. The second-order valence-corrected chi connectivity index (χ2v) is 4.31. The number of terminal acetylenes is 1. The maximum Gasteiger partial charge on any atom is 0.323 e. The van der Waals surface area contributed by atoms with Gasteiger partial charge in [0.25, 0.3) is 5.91 Å². The summed E-state index contributed by atoms with van der Waals surface area (Å²) in [6.45, 7) is -0.232. The van der Waals surface area contributed by atoms with Gasteiger partial charge in [-0.3, -0.25) is 9.59 Å². The number of carboxylic acids is 1. The van der Waals surface area contributed by atoms with Gasteiger partial charge in [-0.15, -0.1) is 6.42 Å². The van der Waals surface area contributed by atoms with Crippen LogP contribution >= 0.6 is 15.9 Å². The fraction of sp³-hybridized carbons (Fsp3) is 0.167. The van der Waals surface area contributed by atoms with Crippen LogP contribution in [0.15, 0.2) is 22.7 Å². The molecule has 1 aromatic carbocycles. The number of hydrogen-bond donors (Lipinski definition) is 2. The number of hydrogen-bond acceptors (Lipinski definition) is 3. The Balaban J connectivity index is 3.27. The number of aliphatic carboxylic acids is 1. The number of anilines is 1. The molecule has 3 N–H and O–H groups in total. The second kappa shape index (κ2) is 6.07. The molecule has 0 saturated carbocycles. The zero-order valence-electron chi connectivity index (χ0n) is 9.39. The smallest absolute Gasteiger partial charge is 0.323 e. The first-order chi connectivity index (χ1) is 8.47. The summed E-state index contributed by atoms with van der Waals surface area (Å²) < 4.78 is 0.500. The zero-order valence-corrected chi connectivity index (χ0v) is 11.0. The van der Waals surface area contributed by atoms with Crippen LogP contribution in [0.3, 0.4) is 0 Å². The van der Waals surface area contributed by atoms with Gasteiger partial charge in [-0.25, -0.2) is 0 Å². The van der Waals surface area contributed by atoms with Crippen LogP contribution < -0.4 is 10.6 Å². The third kappa shape index (κ3) is 3.25. The van der Waals surface area contributed by atoms with E-state index in [9.17, 15) is 9.59 Å². The van der Waals surface area contributed by atoms with E-state index in [4.69, 9.17) is 17.3 Å². The molecule has 0 saturated heterocycles. The monoisotopic (exact) mass is 310 g/mol. The van der Waals surface area contributed by atoms with E-state index in [0.717, 1.165) is 0 Å². The molecule has 94 valence electrons. The second-order valence-electron chi connectivity index (χ2n) is 3.45. The Morgan fingerprint density at radius 3 is 2.67 bits per heavy atom. The first-order valence-corrected chi connectivity index (χ1v) is 5.75. The molecule has 0 spiro atoms. The van der Waals surface area contributed by atoms with Crippen molar-refractivity contribution in [1.29, 1.82) is 0 Å². The van der Waals surface area contributed by atoms with E-state index in [0.29, 0.717) is 10.2 Å². The summed E-state index contributed by atoms with van der Waals surface area (Å²) in [4.78, 5) is 23.6. The molecule has 1 rings (SSSR count). The zero-order chi connectivity index (χ0) is 13.7. The molecule has 0 aliphatic rings. The minimum absolute atomic E-state index is 0.0725. The van der Waals surface area contributed by atoms with Gasteiger partial charge in [0.15, 0.2) is 0 Å². The molecule has 0 aliphatic heterocycles. The number of nitrogens with zero attached hydrogens (tertiary/aromatic N) is 1. The number of nitrogens with two attached hydrogens (primary N) is 1. The molecule has 1 amide bonds. The van der Waals surface area contributed by atoms with E-state index in [1.807, 2.05) is 0 Å². The lowest BCUT2D eigenvalue weighted by molar-refractivity contribution is -0.135. The topological polar surface area (TPSA) is 83.6 Å². The van der Waals surface area contributed by atoms with Crippen molar-refractivity contribution in [3.8, 4) is 12.3 Å². The number of halogens is 1. The van der Waals surface area contributed by atoms with Crippen LogP contribution in [0, 0.1) is 12.3 Å². The summed E-state index contributed by atoms with van der Waals surface area (Å²) >= 11 is 3.21. The molecule has 0 aromatic heterocycles. The van der Waals surface area contributed by atoms with E-state index in [2.05, 4.69) is 21.9 Å². The normalized spacial score (nSPS) is 9.56. The van der Waals surface area contributed by atoms with E-state index in [1.54, 1.807) is 18.2 Å². The minimum atomic E-state index is -1.04. The van der Waals surface area contributed by atoms with Crippen LogP contribution in [-0.4, -0.2) is 30.1 Å². The molecular formula is C12H11BrN2O3. The Morgan fingerprint density at radius 2 is 2.17 bits per heavy atom. The van der Waals surface area contributed by atoms with Gasteiger partial charge in [-0.2, -0.15) is 0 Å². The molecule has 0 unspecified atom stereocenters. The molecule has 0 bridgehead atoms. The van der Waals surface area contributed by atoms with Gasteiger partial charge in [0, 0.05) is 4.47 Å². The van der Waals surface area contributed by atoms with Crippen LogP contribution in [0.4, 0.5) is 5.69 Å². The predicted molar refractivity (Wildman–Crippen MR) is 71.3 cm³/mol. The Bertz CT molecular complexity index is 523. The van der Waals surface area contributed by atoms with Gasteiger partial charge in [0.1, 0.15) is 6.54 Å². The highest BCUT2D eigenvalue weighted by molar-refractivity contribution is 9.10. The molecule has 0 atom stereocenters. The van der Waals surface area contributed by atoms with Gasteiger partial charge >= 0.3 is 5.97 Å². The van der Waals surface area contributed by atoms with Crippen molar-refractivity contribution in [3.63, 3.8) is 0 Å². The largest absolute Gasteiger partial charge is 0.480 e. The first kappa shape index (κ1) is 14.1. The van der Waals surface area contributed by atoms with E-state index in [1.165, 1.54) is 4.90 Å². The lowest BCUT2D eigenvalue weighted by Crippen LogP contribution is -2.32. The van der Waals surface area contributed by atoms with E-state index < -0.39 is 11.9 Å². The standard InChI is InChI=1S/C12H11BrN2O3/c1-2-6-15(7-10(16)17)9-5-3-4-8(13)11(9)12(14)18/h1,3-5H,6-7H2,(H2,14,18)(H,16,17). The molecule has 0 radical (unpaired) electrons. The Kier molecular flexibility index (Phi) is 4.75. The average molecular weight is 311 g/mol. The van der Waals surface area contributed by atoms with Crippen molar-refractivity contribution in [3.05, 3.63) is 28.2 Å². The van der Waals surface area contributed by atoms with Crippen molar-refractivity contribution in [1.82, 2.24) is 0 Å². The number of carbonyl (C=O) groups is 2. The Morgan fingerprint density at radius 1 is 1.50 bits per heavy atom. The number of carbonyl (C=O) groups excluding carboxylic acids is 1. The number of carboxylic acid groups (broad SMARTS) is 1. The quantitative estimate of drug-likeness (QED) is 0.797. The highest BCUT2D eigenvalue weighted by Crippen LogP contribution is 2.27. The summed E-state index contributed by atoms with van der Waals surface area (Å²) in [7, 11) is 0. The van der Waals surface area contributed by atoms with Crippen molar-refractivity contribution in [2.24, 2.45) is 5.73 Å². The first-order valence-electron chi connectivity index (χ1n) is 4.96. The lowest BCUT2D eigenvalue weighted by atomic mass is 10.1. The summed E-state index contributed by atoms with van der Waals surface area (Å²) in [5.74, 6) is 0.663. The van der Waals surface area contributed by atoms with Gasteiger partial charge in [-0.05, 0) is 28.1 Å². The number of primary amides is 1. The number of amides is 1. The van der Waals surface area contributed by atoms with E-state index in [-0.39, 0.29) is 18.7 Å². The maximum atomic E-state index is 11.4. The fourth-order valence-corrected chi connectivity index (χ4v) is 2.07. The molecule has 5 nitrogen and oxygen atoms in total. The molecule has 0 heterocycles.